The number of carbonyl (C=O) groups is 2. The Labute approximate surface area is 143 Å². The van der Waals surface area contributed by atoms with Gasteiger partial charge in [-0.3, -0.25) is 9.59 Å². The second-order valence-electron chi connectivity index (χ2n) is 7.05. The van der Waals surface area contributed by atoms with Crippen molar-refractivity contribution in [2.45, 2.75) is 13.0 Å². The summed E-state index contributed by atoms with van der Waals surface area (Å²) in [5, 5.41) is 35.6. The highest BCUT2D eigenvalue weighted by molar-refractivity contribution is 6.28. The molecule has 1 heterocycles. The smallest absolute Gasteiger partial charge is 0.224 e. The molecule has 0 spiro atoms. The third-order valence-electron chi connectivity index (χ3n) is 4.12. The standard InChI is InChI=1S/C16H18N4O5/c1-20(2,3)8-4-7-18-14-13(17-19(18)25)15(23)11-9(21)5-6-10(22)12(11)16(14)24/h5-6H,4,7-8H2,1-3H3,(H-,21,22,23,24)/p+1. The molecule has 0 aliphatic heterocycles. The minimum atomic E-state index is -0.757. The molecule has 0 saturated carbocycles. The largest absolute Gasteiger partial charge is 0.571 e. The minimum Gasteiger partial charge on any atom is -0.571 e. The van der Waals surface area contributed by atoms with Crippen molar-refractivity contribution in [1.82, 2.24) is 9.78 Å². The van der Waals surface area contributed by atoms with Crippen molar-refractivity contribution in [1.29, 1.82) is 0 Å². The topological polar surface area (TPSA) is 119 Å². The zero-order valence-electron chi connectivity index (χ0n) is 14.2. The number of hydrogen-bond donors (Lipinski definition) is 2. The molecule has 132 valence electrons. The summed E-state index contributed by atoms with van der Waals surface area (Å²) in [6.45, 7) is 0.951. The van der Waals surface area contributed by atoms with E-state index >= 15 is 0 Å². The summed E-state index contributed by atoms with van der Waals surface area (Å²) >= 11 is 0. The lowest BCUT2D eigenvalue weighted by Crippen LogP contribution is -2.43. The second-order valence-corrected chi connectivity index (χ2v) is 7.05. The highest BCUT2D eigenvalue weighted by Gasteiger charge is 2.42. The fourth-order valence-electron chi connectivity index (χ4n) is 2.94. The molecule has 0 atom stereocenters. The van der Waals surface area contributed by atoms with Gasteiger partial charge in [-0.15, -0.1) is 4.68 Å². The van der Waals surface area contributed by atoms with Gasteiger partial charge in [0.2, 0.25) is 17.3 Å². The highest BCUT2D eigenvalue weighted by atomic mass is 16.5. The first-order chi connectivity index (χ1) is 11.6. The summed E-state index contributed by atoms with van der Waals surface area (Å²) in [5.74, 6) is -2.32. The Bertz CT molecular complexity index is 895. The van der Waals surface area contributed by atoms with E-state index in [0.29, 0.717) is 10.9 Å². The lowest BCUT2D eigenvalue weighted by molar-refractivity contribution is -0.871. The number of aromatic hydroxyl groups is 2. The molecular weight excluding hydrogens is 328 g/mol. The van der Waals surface area contributed by atoms with E-state index in [1.54, 1.807) is 0 Å². The van der Waals surface area contributed by atoms with Gasteiger partial charge in [0.15, 0.2) is 5.69 Å². The molecule has 1 aromatic carbocycles. The predicted octanol–water partition coefficient (Wildman–Crippen LogP) is -0.201. The molecule has 1 aliphatic carbocycles. The fourth-order valence-corrected chi connectivity index (χ4v) is 2.94. The summed E-state index contributed by atoms with van der Waals surface area (Å²) in [6.07, 6.45) is 0.592. The van der Waals surface area contributed by atoms with Gasteiger partial charge in [0.1, 0.15) is 11.5 Å². The van der Waals surface area contributed by atoms with Gasteiger partial charge in [-0.1, -0.05) is 0 Å². The van der Waals surface area contributed by atoms with Crippen LogP contribution in [0.25, 0.3) is 0 Å². The highest BCUT2D eigenvalue weighted by Crippen LogP contribution is 2.36. The SMILES string of the molecule is C[N+](C)(C)CCCn1c2c(n[n+]1[O-])C(=O)c1c(O)ccc(O)c1C2=O. The number of rotatable bonds is 4. The van der Waals surface area contributed by atoms with E-state index in [9.17, 15) is 25.0 Å². The maximum absolute atomic E-state index is 12.8. The number of ketones is 2. The molecule has 1 aliphatic rings. The van der Waals surface area contributed by atoms with Crippen LogP contribution in [0.4, 0.5) is 0 Å². The first-order valence-corrected chi connectivity index (χ1v) is 7.77. The number of aromatic nitrogens is 3. The van der Waals surface area contributed by atoms with Crippen molar-refractivity contribution in [3.8, 4) is 11.5 Å². The molecule has 0 unspecified atom stereocenters. The Morgan fingerprint density at radius 3 is 2.24 bits per heavy atom. The number of fused-ring (bicyclic) bond motifs is 2. The van der Waals surface area contributed by atoms with E-state index in [1.165, 1.54) is 0 Å². The van der Waals surface area contributed by atoms with Crippen LogP contribution in [0.3, 0.4) is 0 Å². The Morgan fingerprint density at radius 1 is 1.12 bits per heavy atom. The quantitative estimate of drug-likeness (QED) is 0.292. The number of phenols is 2. The normalized spacial score (nSPS) is 13.7. The summed E-state index contributed by atoms with van der Waals surface area (Å²) in [6, 6.07) is 2.25. The van der Waals surface area contributed by atoms with Crippen molar-refractivity contribution in [2.24, 2.45) is 0 Å². The molecule has 2 N–H and O–H groups in total. The zero-order chi connectivity index (χ0) is 18.5. The Kier molecular flexibility index (Phi) is 3.76. The predicted molar refractivity (Wildman–Crippen MR) is 85.3 cm³/mol. The van der Waals surface area contributed by atoms with Crippen molar-refractivity contribution in [2.75, 3.05) is 27.7 Å². The molecule has 3 rings (SSSR count). The number of benzene rings is 1. The van der Waals surface area contributed by atoms with E-state index in [2.05, 4.69) is 5.10 Å². The van der Waals surface area contributed by atoms with E-state index in [1.807, 2.05) is 21.1 Å². The van der Waals surface area contributed by atoms with E-state index in [4.69, 9.17) is 0 Å². The molecule has 2 aromatic rings. The molecule has 1 aromatic heterocycles. The number of carbonyl (C=O) groups excluding carboxylic acids is 2. The Balaban J connectivity index is 2.07. The molecular formula is C16H19N4O5+. The molecule has 9 heteroatoms. The van der Waals surface area contributed by atoms with Crippen LogP contribution in [-0.4, -0.2) is 63.7 Å². The van der Waals surface area contributed by atoms with Gasteiger partial charge >= 0.3 is 0 Å². The van der Waals surface area contributed by atoms with Gasteiger partial charge in [-0.25, -0.2) is 0 Å². The van der Waals surface area contributed by atoms with E-state index < -0.39 is 23.1 Å². The number of phenolic OH excluding ortho intramolecular Hbond substituents is 2. The van der Waals surface area contributed by atoms with Crippen LogP contribution in [0.2, 0.25) is 0 Å². The van der Waals surface area contributed by atoms with Gasteiger partial charge < -0.3 is 19.9 Å². The maximum atomic E-state index is 12.8. The summed E-state index contributed by atoms with van der Waals surface area (Å²) in [4.78, 5) is 25.6. The zero-order valence-corrected chi connectivity index (χ0v) is 14.2. The van der Waals surface area contributed by atoms with Crippen LogP contribution in [0, 0.1) is 5.21 Å². The van der Waals surface area contributed by atoms with Crippen LogP contribution in [0.15, 0.2) is 12.1 Å². The molecule has 0 amide bonds. The van der Waals surface area contributed by atoms with Crippen LogP contribution in [0.5, 0.6) is 11.5 Å². The van der Waals surface area contributed by atoms with Crippen molar-refractivity contribution < 1.29 is 29.2 Å². The van der Waals surface area contributed by atoms with Crippen LogP contribution < -0.4 is 4.96 Å². The maximum Gasteiger partial charge on any atom is 0.224 e. The monoisotopic (exact) mass is 347 g/mol. The molecule has 0 radical (unpaired) electrons. The summed E-state index contributed by atoms with van der Waals surface area (Å²) in [5.41, 5.74) is -1.09. The van der Waals surface area contributed by atoms with Crippen LogP contribution in [0.1, 0.15) is 38.5 Å². The summed E-state index contributed by atoms with van der Waals surface area (Å²) < 4.78 is 1.78. The van der Waals surface area contributed by atoms with Crippen molar-refractivity contribution in [3.05, 3.63) is 39.9 Å². The third-order valence-corrected chi connectivity index (χ3v) is 4.12. The molecule has 9 nitrogen and oxygen atoms in total. The first kappa shape index (κ1) is 16.9. The average molecular weight is 347 g/mol. The lowest BCUT2D eigenvalue weighted by Gasteiger charge is -2.23. The second kappa shape index (κ2) is 5.55. The first-order valence-electron chi connectivity index (χ1n) is 7.77. The molecule has 0 saturated heterocycles. The Hall–Kier alpha value is -2.94. The van der Waals surface area contributed by atoms with Crippen molar-refractivity contribution in [3.63, 3.8) is 0 Å². The van der Waals surface area contributed by atoms with Gasteiger partial charge in [-0.05, 0) is 12.1 Å². The van der Waals surface area contributed by atoms with E-state index in [0.717, 1.165) is 23.4 Å². The average Bonchev–Trinajstić information content (AvgIpc) is 2.83. The molecule has 25 heavy (non-hydrogen) atoms. The number of nitrogens with zero attached hydrogens (tertiary/aromatic N) is 4. The van der Waals surface area contributed by atoms with Gasteiger partial charge in [0.05, 0.1) is 45.4 Å². The summed E-state index contributed by atoms with van der Waals surface area (Å²) in [7, 11) is 6.00. The van der Waals surface area contributed by atoms with Crippen molar-refractivity contribution >= 4 is 11.6 Å². The lowest BCUT2D eigenvalue weighted by atomic mass is 9.88. The van der Waals surface area contributed by atoms with Gasteiger partial charge in [0, 0.05) is 16.5 Å². The molecule has 0 bridgehead atoms. The van der Waals surface area contributed by atoms with Crippen LogP contribution >= 0.6 is 0 Å². The third kappa shape index (κ3) is 2.72. The number of quaternary nitrogens is 1. The molecule has 0 fully saturated rings. The fraction of sp³-hybridized carbons (Fsp3) is 0.375. The van der Waals surface area contributed by atoms with Crippen LogP contribution in [-0.2, 0) is 6.54 Å². The number of hydrogen-bond acceptors (Lipinski definition) is 6. The minimum absolute atomic E-state index is 0.158. The van der Waals surface area contributed by atoms with Gasteiger partial charge in [-0.2, -0.15) is 0 Å². The van der Waals surface area contributed by atoms with Gasteiger partial charge in [0.25, 0.3) is 0 Å². The van der Waals surface area contributed by atoms with E-state index in [-0.39, 0.29) is 34.0 Å². The Morgan fingerprint density at radius 2 is 1.68 bits per heavy atom.